The van der Waals surface area contributed by atoms with Gasteiger partial charge in [0, 0.05) is 0 Å². The van der Waals surface area contributed by atoms with Gasteiger partial charge >= 0.3 is 39.7 Å². The predicted molar refractivity (Wildman–Crippen MR) is 54.1 cm³/mol. The predicted octanol–water partition coefficient (Wildman–Crippen LogP) is 1.03. The Labute approximate surface area is 104 Å². The van der Waals surface area contributed by atoms with Crippen molar-refractivity contribution in [1.29, 1.82) is 0 Å². The van der Waals surface area contributed by atoms with Gasteiger partial charge in [-0.2, -0.15) is 8.42 Å². The SMILES string of the molecule is CS(=O)(=O)Oc1ccccc1Cl.[NaH]. The number of halogens is 1. The number of rotatable bonds is 2. The van der Waals surface area contributed by atoms with E-state index in [0.29, 0.717) is 0 Å². The summed E-state index contributed by atoms with van der Waals surface area (Å²) < 4.78 is 25.9. The van der Waals surface area contributed by atoms with Gasteiger partial charge in [-0.15, -0.1) is 0 Å². The van der Waals surface area contributed by atoms with E-state index in [4.69, 9.17) is 11.6 Å². The molecule has 0 amide bonds. The molecule has 0 N–H and O–H groups in total. The first-order valence-corrected chi connectivity index (χ1v) is 5.32. The second kappa shape index (κ2) is 5.22. The normalized spacial score (nSPS) is 10.3. The molecule has 0 bridgehead atoms. The number of hydrogen-bond acceptors (Lipinski definition) is 3. The quantitative estimate of drug-likeness (QED) is 0.563. The molecular weight excluding hydrogens is 223 g/mol. The van der Waals surface area contributed by atoms with Crippen molar-refractivity contribution in [2.75, 3.05) is 6.26 Å². The fourth-order valence-electron chi connectivity index (χ4n) is 0.675. The van der Waals surface area contributed by atoms with Gasteiger partial charge < -0.3 is 4.18 Å². The van der Waals surface area contributed by atoms with Crippen molar-refractivity contribution in [2.24, 2.45) is 0 Å². The van der Waals surface area contributed by atoms with E-state index in [1.54, 1.807) is 18.2 Å². The molecule has 0 atom stereocenters. The zero-order chi connectivity index (χ0) is 9.19. The van der Waals surface area contributed by atoms with Crippen LogP contribution in [0.3, 0.4) is 0 Å². The summed E-state index contributed by atoms with van der Waals surface area (Å²) in [5, 5.41) is 0.280. The molecule has 3 nitrogen and oxygen atoms in total. The molecule has 0 unspecified atom stereocenters. The Morgan fingerprint density at radius 3 is 2.31 bits per heavy atom. The van der Waals surface area contributed by atoms with Crippen LogP contribution in [0.4, 0.5) is 0 Å². The Kier molecular flexibility index (Phi) is 5.32. The van der Waals surface area contributed by atoms with Crippen LogP contribution in [-0.4, -0.2) is 44.2 Å². The summed E-state index contributed by atoms with van der Waals surface area (Å²) in [6, 6.07) is 6.38. The van der Waals surface area contributed by atoms with Crippen molar-refractivity contribution in [1.82, 2.24) is 0 Å². The van der Waals surface area contributed by atoms with E-state index in [1.807, 2.05) is 0 Å². The van der Waals surface area contributed by atoms with Gasteiger partial charge in [0.05, 0.1) is 11.3 Å². The van der Waals surface area contributed by atoms with Crippen LogP contribution in [0, 0.1) is 0 Å². The third-order valence-electron chi connectivity index (χ3n) is 1.08. The molecule has 0 radical (unpaired) electrons. The van der Waals surface area contributed by atoms with Crippen LogP contribution in [0.25, 0.3) is 0 Å². The van der Waals surface area contributed by atoms with Gasteiger partial charge in [0.25, 0.3) is 0 Å². The average Bonchev–Trinajstić information content (AvgIpc) is 1.91. The van der Waals surface area contributed by atoms with Crippen LogP contribution >= 0.6 is 11.6 Å². The molecule has 0 aliphatic heterocycles. The zero-order valence-electron chi connectivity index (χ0n) is 6.32. The summed E-state index contributed by atoms with van der Waals surface area (Å²) >= 11 is 5.64. The van der Waals surface area contributed by atoms with E-state index < -0.39 is 10.1 Å². The number of hydrogen-bond donors (Lipinski definition) is 0. The molecule has 0 spiro atoms. The van der Waals surface area contributed by atoms with Crippen molar-refractivity contribution < 1.29 is 12.6 Å². The van der Waals surface area contributed by atoms with Crippen LogP contribution in [0.2, 0.25) is 5.02 Å². The summed E-state index contributed by atoms with van der Waals surface area (Å²) in [7, 11) is -3.48. The molecule has 6 heteroatoms. The van der Waals surface area contributed by atoms with E-state index >= 15 is 0 Å². The third-order valence-corrected chi connectivity index (χ3v) is 1.87. The van der Waals surface area contributed by atoms with Crippen molar-refractivity contribution in [3.8, 4) is 5.75 Å². The first kappa shape index (κ1) is 13.3. The molecule has 0 aliphatic rings. The standard InChI is InChI=1S/C7H7ClO3S.Na.H/c1-12(9,10)11-7-5-3-2-4-6(7)8;;/h2-5H,1H3;;. The molecule has 13 heavy (non-hydrogen) atoms. The van der Waals surface area contributed by atoms with Crippen LogP contribution in [0.5, 0.6) is 5.75 Å². The maximum atomic E-state index is 10.7. The van der Waals surface area contributed by atoms with Gasteiger partial charge in [0.15, 0.2) is 5.75 Å². The van der Waals surface area contributed by atoms with Crippen molar-refractivity contribution in [3.05, 3.63) is 29.3 Å². The van der Waals surface area contributed by atoms with E-state index in [-0.39, 0.29) is 40.3 Å². The molecule has 0 saturated carbocycles. The van der Waals surface area contributed by atoms with E-state index in [2.05, 4.69) is 4.18 Å². The average molecular weight is 231 g/mol. The summed E-state index contributed by atoms with van der Waals surface area (Å²) in [5.41, 5.74) is 0. The second-order valence-electron chi connectivity index (χ2n) is 2.22. The van der Waals surface area contributed by atoms with Gasteiger partial charge in [0.1, 0.15) is 0 Å². The van der Waals surface area contributed by atoms with Gasteiger partial charge in [-0.3, -0.25) is 0 Å². The summed E-state index contributed by atoms with van der Waals surface area (Å²) in [6.45, 7) is 0. The number of para-hydroxylation sites is 1. The Balaban J connectivity index is 0.00000144. The molecular formula is C7H8ClNaO3S. The van der Waals surface area contributed by atoms with Crippen LogP contribution in [0.15, 0.2) is 24.3 Å². The topological polar surface area (TPSA) is 43.4 Å². The Morgan fingerprint density at radius 2 is 1.85 bits per heavy atom. The van der Waals surface area contributed by atoms with E-state index in [9.17, 15) is 8.42 Å². The third kappa shape index (κ3) is 4.88. The van der Waals surface area contributed by atoms with Gasteiger partial charge in [-0.05, 0) is 12.1 Å². The molecule has 1 aromatic rings. The van der Waals surface area contributed by atoms with Crippen LogP contribution < -0.4 is 4.18 Å². The monoisotopic (exact) mass is 230 g/mol. The zero-order valence-corrected chi connectivity index (χ0v) is 7.89. The van der Waals surface area contributed by atoms with Crippen LogP contribution in [-0.2, 0) is 10.1 Å². The summed E-state index contributed by atoms with van der Waals surface area (Å²) in [6.07, 6.45) is 0.969. The fraction of sp³-hybridized carbons (Fsp3) is 0.143. The van der Waals surface area contributed by atoms with Crippen molar-refractivity contribution in [2.45, 2.75) is 0 Å². The molecule has 0 fully saturated rings. The Morgan fingerprint density at radius 1 is 1.31 bits per heavy atom. The molecule has 0 saturated heterocycles. The minimum absolute atomic E-state index is 0. The molecule has 0 heterocycles. The van der Waals surface area contributed by atoms with Crippen LogP contribution in [0.1, 0.15) is 0 Å². The fourth-order valence-corrected chi connectivity index (χ4v) is 1.37. The van der Waals surface area contributed by atoms with E-state index in [1.165, 1.54) is 6.07 Å². The maximum absolute atomic E-state index is 10.7. The van der Waals surface area contributed by atoms with Crippen molar-refractivity contribution in [3.63, 3.8) is 0 Å². The minimum atomic E-state index is -3.48. The van der Waals surface area contributed by atoms with Crippen molar-refractivity contribution >= 4 is 51.3 Å². The Bertz CT molecular complexity index is 377. The summed E-state index contributed by atoms with van der Waals surface area (Å²) in [5.74, 6) is 0.154. The van der Waals surface area contributed by atoms with Gasteiger partial charge in [-0.1, -0.05) is 23.7 Å². The van der Waals surface area contributed by atoms with Gasteiger partial charge in [-0.25, -0.2) is 0 Å². The molecule has 1 aromatic carbocycles. The number of benzene rings is 1. The van der Waals surface area contributed by atoms with E-state index in [0.717, 1.165) is 6.26 Å². The Hall–Kier alpha value is 0.260. The first-order valence-electron chi connectivity index (χ1n) is 3.13. The van der Waals surface area contributed by atoms with Gasteiger partial charge in [0.2, 0.25) is 0 Å². The summed E-state index contributed by atoms with van der Waals surface area (Å²) in [4.78, 5) is 0. The first-order chi connectivity index (χ1) is 5.49. The molecule has 68 valence electrons. The second-order valence-corrected chi connectivity index (χ2v) is 4.20. The molecule has 0 aliphatic carbocycles. The molecule has 1 rings (SSSR count). The molecule has 0 aromatic heterocycles.